The van der Waals surface area contributed by atoms with Gasteiger partial charge in [-0.2, -0.15) is 0 Å². The molecule has 0 aromatic carbocycles. The Morgan fingerprint density at radius 2 is 2.27 bits per heavy atom. The van der Waals surface area contributed by atoms with Crippen LogP contribution in [0.4, 0.5) is 0 Å². The van der Waals surface area contributed by atoms with E-state index in [0.717, 1.165) is 12.8 Å². The molecule has 0 saturated heterocycles. The molecule has 8 heteroatoms. The zero-order chi connectivity index (χ0) is 18.9. The third-order valence-corrected chi connectivity index (χ3v) is 4.06. The second-order valence-corrected chi connectivity index (χ2v) is 6.20. The Morgan fingerprint density at radius 3 is 2.88 bits per heavy atom. The highest BCUT2D eigenvalue weighted by Gasteiger charge is 2.31. The monoisotopic (exact) mass is 374 g/mol. The Kier molecular flexibility index (Phi) is 7.35. The van der Waals surface area contributed by atoms with Gasteiger partial charge in [0.05, 0.1) is 12.2 Å². The molecule has 7 nitrogen and oxygen atoms in total. The predicted molar refractivity (Wildman–Crippen MR) is 104 cm³/mol. The molecule has 26 heavy (non-hydrogen) atoms. The average molecular weight is 375 g/mol. The lowest BCUT2D eigenvalue weighted by atomic mass is 10.3. The highest BCUT2D eigenvalue weighted by molar-refractivity contribution is 6.30. The van der Waals surface area contributed by atoms with Crippen molar-refractivity contribution in [3.63, 3.8) is 0 Å². The summed E-state index contributed by atoms with van der Waals surface area (Å²) in [4.78, 5) is 17.8. The molecule has 1 fully saturated rings. The quantitative estimate of drug-likeness (QED) is 0.302. The van der Waals surface area contributed by atoms with Crippen LogP contribution in [0.3, 0.4) is 0 Å². The third-order valence-electron chi connectivity index (χ3n) is 3.82. The second-order valence-electron chi connectivity index (χ2n) is 5.76. The summed E-state index contributed by atoms with van der Waals surface area (Å²) in [5, 5.41) is 21.8. The van der Waals surface area contributed by atoms with Crippen molar-refractivity contribution in [2.24, 2.45) is 0 Å². The number of rotatable bonds is 9. The maximum Gasteiger partial charge on any atom is 0.270 e. The minimum Gasteiger partial charge on any atom is -0.385 e. The summed E-state index contributed by atoms with van der Waals surface area (Å²) in [5.41, 5.74) is 0.934. The number of hydrogen-bond acceptors (Lipinski definition) is 5. The molecule has 0 aliphatic heterocycles. The van der Waals surface area contributed by atoms with Gasteiger partial charge in [0, 0.05) is 37.1 Å². The van der Waals surface area contributed by atoms with Gasteiger partial charge in [0.2, 0.25) is 0 Å². The number of amidine groups is 1. The highest BCUT2D eigenvalue weighted by Crippen LogP contribution is 2.27. The number of pyridine rings is 1. The van der Waals surface area contributed by atoms with E-state index in [1.54, 1.807) is 31.3 Å². The number of nitrogens with one attached hydrogen (secondary N) is 4. The molecule has 1 amide bonds. The summed E-state index contributed by atoms with van der Waals surface area (Å²) in [6.45, 7) is 0.773. The van der Waals surface area contributed by atoms with E-state index < -0.39 is 0 Å². The maximum atomic E-state index is 11.9. The summed E-state index contributed by atoms with van der Waals surface area (Å²) in [7, 11) is 1.76. The lowest BCUT2D eigenvalue weighted by molar-refractivity contribution is 0.0953. The molecule has 4 N–H and O–H groups in total. The lowest BCUT2D eigenvalue weighted by Gasteiger charge is -2.24. The zero-order valence-corrected chi connectivity index (χ0v) is 15.4. The maximum absolute atomic E-state index is 11.9. The van der Waals surface area contributed by atoms with Crippen molar-refractivity contribution in [2.45, 2.75) is 18.9 Å². The fraction of sp³-hybridized carbons (Fsp3) is 0.333. The molecule has 1 heterocycles. The number of nitrogens with zero attached hydrogens (tertiary/aromatic N) is 2. The van der Waals surface area contributed by atoms with Crippen molar-refractivity contribution in [3.05, 3.63) is 53.0 Å². The van der Waals surface area contributed by atoms with Gasteiger partial charge in [-0.1, -0.05) is 23.8 Å². The summed E-state index contributed by atoms with van der Waals surface area (Å²) < 4.78 is 0. The number of carbonyl (C=O) groups is 1. The number of amides is 1. The molecule has 1 aromatic heterocycles. The molecule has 0 unspecified atom stereocenters. The molecule has 0 spiro atoms. The number of aromatic nitrogens is 1. The Balaban J connectivity index is 1.88. The van der Waals surface area contributed by atoms with Crippen LogP contribution in [0, 0.1) is 10.8 Å². The molecule has 1 saturated carbocycles. The van der Waals surface area contributed by atoms with Crippen molar-refractivity contribution in [3.8, 4) is 0 Å². The van der Waals surface area contributed by atoms with Gasteiger partial charge < -0.3 is 20.9 Å². The summed E-state index contributed by atoms with van der Waals surface area (Å²) >= 11 is 5.84. The van der Waals surface area contributed by atoms with Gasteiger partial charge in [0.15, 0.2) is 0 Å². The minimum absolute atomic E-state index is 0.269. The van der Waals surface area contributed by atoms with E-state index in [4.69, 9.17) is 22.4 Å². The molecule has 1 aromatic rings. The van der Waals surface area contributed by atoms with Crippen LogP contribution >= 0.6 is 11.6 Å². The van der Waals surface area contributed by atoms with Crippen molar-refractivity contribution >= 4 is 29.6 Å². The van der Waals surface area contributed by atoms with Gasteiger partial charge >= 0.3 is 0 Å². The molecule has 2 rings (SSSR count). The van der Waals surface area contributed by atoms with Crippen LogP contribution in [0.5, 0.6) is 0 Å². The van der Waals surface area contributed by atoms with Crippen LogP contribution in [-0.2, 0) is 0 Å². The smallest absolute Gasteiger partial charge is 0.270 e. The number of carbonyl (C=O) groups excluding carboxylic acids is 1. The molecule has 0 radical (unpaired) electrons. The molecule has 0 atom stereocenters. The van der Waals surface area contributed by atoms with Crippen molar-refractivity contribution in [2.75, 3.05) is 20.1 Å². The fourth-order valence-corrected chi connectivity index (χ4v) is 2.51. The number of hydrogen-bond donors (Lipinski definition) is 4. The molecule has 1 aliphatic carbocycles. The normalized spacial score (nSPS) is 14.2. The third kappa shape index (κ3) is 5.70. The first-order chi connectivity index (χ1) is 12.6. The molecule has 0 bridgehead atoms. The van der Waals surface area contributed by atoms with Crippen LogP contribution in [0.15, 0.2) is 42.3 Å². The summed E-state index contributed by atoms with van der Waals surface area (Å²) in [5.74, 6) is 0.0731. The van der Waals surface area contributed by atoms with E-state index >= 15 is 0 Å². The Hall–Kier alpha value is -2.67. The van der Waals surface area contributed by atoms with Crippen LogP contribution in [0.25, 0.3) is 0 Å². The molecular formula is C18H23ClN6O. The first-order valence-electron chi connectivity index (χ1n) is 8.35. The Morgan fingerprint density at radius 1 is 1.50 bits per heavy atom. The van der Waals surface area contributed by atoms with Crippen LogP contribution in [0.2, 0.25) is 5.02 Å². The lowest BCUT2D eigenvalue weighted by Crippen LogP contribution is -2.38. The van der Waals surface area contributed by atoms with Gasteiger partial charge in [0.25, 0.3) is 5.91 Å². The van der Waals surface area contributed by atoms with Crippen molar-refractivity contribution in [1.29, 1.82) is 10.8 Å². The number of allylic oxidation sites excluding steroid dienone is 2. The van der Waals surface area contributed by atoms with E-state index in [-0.39, 0.29) is 11.6 Å². The van der Waals surface area contributed by atoms with Crippen LogP contribution < -0.4 is 10.6 Å². The van der Waals surface area contributed by atoms with Crippen molar-refractivity contribution in [1.82, 2.24) is 20.5 Å². The fourth-order valence-electron chi connectivity index (χ4n) is 2.35. The van der Waals surface area contributed by atoms with Crippen molar-refractivity contribution < 1.29 is 4.79 Å². The van der Waals surface area contributed by atoms with Gasteiger partial charge in [0.1, 0.15) is 11.5 Å². The van der Waals surface area contributed by atoms with Gasteiger partial charge in [-0.25, -0.2) is 0 Å². The molecule has 138 valence electrons. The van der Waals surface area contributed by atoms with E-state index in [2.05, 4.69) is 15.6 Å². The van der Waals surface area contributed by atoms with E-state index in [1.165, 1.54) is 18.5 Å². The van der Waals surface area contributed by atoms with E-state index in [0.29, 0.717) is 35.7 Å². The largest absolute Gasteiger partial charge is 0.385 e. The topological polar surface area (TPSA) is 105 Å². The predicted octanol–water partition coefficient (Wildman–Crippen LogP) is 2.22. The molecule has 1 aliphatic rings. The first kappa shape index (κ1) is 19.7. The number of likely N-dealkylation sites (N-methyl/N-ethyl adjacent to an activating group) is 1. The first-order valence-corrected chi connectivity index (χ1v) is 8.73. The Bertz CT molecular complexity index is 726. The van der Waals surface area contributed by atoms with Gasteiger partial charge in [-0.3, -0.25) is 15.2 Å². The standard InChI is InChI=1S/C18H23ClN6O/c1-22-15(17(21)25(11-8-20)14-5-6-14)4-2-3-9-24-18(26)16-12-13(19)7-10-23-16/h2-4,7-8,10,12,14,20-22H,5-6,9,11H2,1H3,(H,24,26)/b3-2-,15-4-,20-8?,21-17?. The summed E-state index contributed by atoms with van der Waals surface area (Å²) in [6, 6.07) is 3.48. The summed E-state index contributed by atoms with van der Waals surface area (Å²) in [6.07, 6.45) is 10.3. The van der Waals surface area contributed by atoms with Crippen LogP contribution in [-0.4, -0.2) is 54.0 Å². The number of halogens is 1. The van der Waals surface area contributed by atoms with E-state index in [9.17, 15) is 4.79 Å². The minimum atomic E-state index is -0.298. The van der Waals surface area contributed by atoms with E-state index in [1.807, 2.05) is 4.90 Å². The van der Waals surface area contributed by atoms with Gasteiger partial charge in [-0.15, -0.1) is 0 Å². The molecular weight excluding hydrogens is 352 g/mol. The highest BCUT2D eigenvalue weighted by atomic mass is 35.5. The Labute approximate surface area is 158 Å². The van der Waals surface area contributed by atoms with Crippen LogP contribution in [0.1, 0.15) is 23.3 Å². The average Bonchev–Trinajstić information content (AvgIpc) is 3.47. The van der Waals surface area contributed by atoms with Gasteiger partial charge in [-0.05, 0) is 31.1 Å². The zero-order valence-electron chi connectivity index (χ0n) is 14.6. The second kappa shape index (κ2) is 9.72. The SMILES string of the molecule is CN/C(=C\C=C/CNC(=O)c1cc(Cl)ccn1)C(=N)N(CC=N)C1CC1.